The number of carbonyl (C=O) groups is 1. The highest BCUT2D eigenvalue weighted by Gasteiger charge is 2.31. The predicted molar refractivity (Wildman–Crippen MR) is 119 cm³/mol. The zero-order valence-electron chi connectivity index (χ0n) is 18.5. The molecule has 4 heterocycles. The van der Waals surface area contributed by atoms with Crippen molar-refractivity contribution in [1.29, 1.82) is 0 Å². The minimum absolute atomic E-state index is 0.0918. The molecule has 0 aliphatic carbocycles. The maximum Gasteiger partial charge on any atom is 0.417 e. The third-order valence-electron chi connectivity index (χ3n) is 5.90. The first-order valence-corrected chi connectivity index (χ1v) is 10.7. The van der Waals surface area contributed by atoms with E-state index in [9.17, 15) is 18.0 Å². The molecule has 1 aliphatic heterocycles. The van der Waals surface area contributed by atoms with Gasteiger partial charge in [0.15, 0.2) is 0 Å². The highest BCUT2D eigenvalue weighted by Crippen LogP contribution is 2.29. The lowest BCUT2D eigenvalue weighted by molar-refractivity contribution is -0.137. The normalized spacial score (nSPS) is 14.9. The average Bonchev–Trinajstić information content (AvgIpc) is 3.41. The third kappa shape index (κ3) is 5.13. The molecule has 0 radical (unpaired) electrons. The first kappa shape index (κ1) is 22.7. The van der Waals surface area contributed by atoms with Crippen LogP contribution < -0.4 is 4.90 Å². The number of hydrogen-bond donors (Lipinski definition) is 0. The van der Waals surface area contributed by atoms with Crippen LogP contribution in [-0.2, 0) is 17.5 Å². The van der Waals surface area contributed by atoms with E-state index in [0.717, 1.165) is 35.0 Å². The zero-order valence-corrected chi connectivity index (χ0v) is 18.5. The highest BCUT2D eigenvalue weighted by molar-refractivity contribution is 5.92. The summed E-state index contributed by atoms with van der Waals surface area (Å²) in [5.41, 5.74) is 2.33. The van der Waals surface area contributed by atoms with Crippen molar-refractivity contribution in [3.05, 3.63) is 77.1 Å². The number of furan rings is 1. The van der Waals surface area contributed by atoms with Crippen molar-refractivity contribution < 1.29 is 22.4 Å². The number of nitrogens with zero attached hydrogens (tertiary/aromatic N) is 4. The van der Waals surface area contributed by atoms with Gasteiger partial charge >= 0.3 is 6.18 Å². The van der Waals surface area contributed by atoms with Crippen LogP contribution in [0.5, 0.6) is 0 Å². The number of carbonyl (C=O) groups excluding carboxylic acids is 1. The average molecular weight is 458 g/mol. The third-order valence-corrected chi connectivity index (χ3v) is 5.90. The summed E-state index contributed by atoms with van der Waals surface area (Å²) in [5.74, 6) is 1.25. The van der Waals surface area contributed by atoms with Crippen molar-refractivity contribution in [2.75, 3.05) is 31.1 Å². The lowest BCUT2D eigenvalue weighted by Gasteiger charge is -2.35. The molecule has 1 aliphatic rings. The van der Waals surface area contributed by atoms with E-state index in [1.54, 1.807) is 17.2 Å². The number of hydrogen-bond acceptors (Lipinski definition) is 4. The second kappa shape index (κ2) is 9.17. The van der Waals surface area contributed by atoms with Crippen LogP contribution >= 0.6 is 0 Å². The van der Waals surface area contributed by atoms with Gasteiger partial charge in [0, 0.05) is 49.8 Å². The molecule has 1 amide bonds. The number of aryl methyl sites for hydroxylation is 1. The van der Waals surface area contributed by atoms with Gasteiger partial charge in [-0.25, -0.2) is 4.98 Å². The van der Waals surface area contributed by atoms with Crippen LogP contribution in [0.15, 0.2) is 53.3 Å². The summed E-state index contributed by atoms with van der Waals surface area (Å²) in [4.78, 5) is 20.2. The van der Waals surface area contributed by atoms with E-state index < -0.39 is 11.7 Å². The van der Waals surface area contributed by atoms with Crippen LogP contribution in [0.1, 0.15) is 28.3 Å². The van der Waals surface area contributed by atoms with Crippen LogP contribution in [-0.4, -0.2) is 46.5 Å². The van der Waals surface area contributed by atoms with Gasteiger partial charge in [-0.2, -0.15) is 13.2 Å². The molecule has 0 atom stereocenters. The monoisotopic (exact) mass is 458 g/mol. The van der Waals surface area contributed by atoms with E-state index in [-0.39, 0.29) is 5.91 Å². The van der Waals surface area contributed by atoms with E-state index in [2.05, 4.69) is 9.55 Å². The van der Waals surface area contributed by atoms with E-state index in [1.165, 1.54) is 6.07 Å². The number of rotatable bonds is 5. The van der Waals surface area contributed by atoms with Gasteiger partial charge in [0.2, 0.25) is 5.91 Å². The minimum atomic E-state index is -4.40. The predicted octanol–water partition coefficient (Wildman–Crippen LogP) is 4.52. The molecule has 9 heteroatoms. The van der Waals surface area contributed by atoms with Gasteiger partial charge < -0.3 is 18.8 Å². The number of anilines is 1. The van der Waals surface area contributed by atoms with Crippen molar-refractivity contribution in [2.45, 2.75) is 26.6 Å². The molecule has 0 saturated carbocycles. The number of pyridine rings is 1. The van der Waals surface area contributed by atoms with E-state index in [0.29, 0.717) is 38.5 Å². The molecule has 3 aromatic rings. The fraction of sp³-hybridized carbons (Fsp3) is 0.333. The Hall–Kier alpha value is -3.49. The Labute approximate surface area is 189 Å². The van der Waals surface area contributed by atoms with Crippen LogP contribution in [0.4, 0.5) is 19.0 Å². The van der Waals surface area contributed by atoms with Gasteiger partial charge in [-0.15, -0.1) is 0 Å². The number of alkyl halides is 3. The lowest BCUT2D eigenvalue weighted by atomic mass is 10.2. The standard InChI is InChI=1S/C24H25F3N4O2/c1-17-14-19(18(2)31(17)16-21-4-3-13-33-21)5-8-23(32)30-11-9-29(10-12-30)22-7-6-20(15-28-22)24(25,26)27/h3-8,13-15H,9-12,16H2,1-2H3. The van der Waals surface area contributed by atoms with Crippen molar-refractivity contribution in [2.24, 2.45) is 0 Å². The summed E-state index contributed by atoms with van der Waals surface area (Å²) in [6.07, 6.45) is 1.49. The van der Waals surface area contributed by atoms with Gasteiger partial charge in [-0.3, -0.25) is 4.79 Å². The summed E-state index contributed by atoms with van der Waals surface area (Å²) < 4.78 is 45.7. The Kier molecular flexibility index (Phi) is 6.31. The van der Waals surface area contributed by atoms with Crippen LogP contribution in [0.2, 0.25) is 0 Å². The van der Waals surface area contributed by atoms with Crippen molar-refractivity contribution in [3.8, 4) is 0 Å². The number of piperazine rings is 1. The summed E-state index contributed by atoms with van der Waals surface area (Å²) in [6, 6.07) is 8.23. The molecule has 174 valence electrons. The first-order chi connectivity index (χ1) is 15.7. The zero-order chi connectivity index (χ0) is 23.6. The second-order valence-corrected chi connectivity index (χ2v) is 8.04. The molecule has 6 nitrogen and oxygen atoms in total. The van der Waals surface area contributed by atoms with Crippen molar-refractivity contribution in [1.82, 2.24) is 14.5 Å². The Balaban J connectivity index is 1.35. The molecule has 0 N–H and O–H groups in total. The summed E-state index contributed by atoms with van der Waals surface area (Å²) >= 11 is 0. The van der Waals surface area contributed by atoms with Crippen LogP contribution in [0.25, 0.3) is 6.08 Å². The van der Waals surface area contributed by atoms with Gasteiger partial charge in [0.1, 0.15) is 11.6 Å². The molecule has 1 saturated heterocycles. The summed E-state index contributed by atoms with van der Waals surface area (Å²) in [5, 5.41) is 0. The Morgan fingerprint density at radius 1 is 1.15 bits per heavy atom. The smallest absolute Gasteiger partial charge is 0.417 e. The molecule has 0 spiro atoms. The summed E-state index contributed by atoms with van der Waals surface area (Å²) in [7, 11) is 0. The lowest BCUT2D eigenvalue weighted by Crippen LogP contribution is -2.48. The van der Waals surface area contributed by atoms with Gasteiger partial charge in [0.05, 0.1) is 18.4 Å². The van der Waals surface area contributed by atoms with Gasteiger partial charge in [0.25, 0.3) is 0 Å². The molecular weight excluding hydrogens is 433 g/mol. The number of amides is 1. The fourth-order valence-corrected chi connectivity index (χ4v) is 3.96. The Morgan fingerprint density at radius 2 is 1.91 bits per heavy atom. The molecule has 0 unspecified atom stereocenters. The number of aromatic nitrogens is 2. The second-order valence-electron chi connectivity index (χ2n) is 8.04. The number of halogens is 3. The molecule has 0 bridgehead atoms. The Bertz CT molecular complexity index is 1120. The maximum atomic E-state index is 12.7. The Morgan fingerprint density at radius 3 is 2.52 bits per heavy atom. The maximum absolute atomic E-state index is 12.7. The molecule has 33 heavy (non-hydrogen) atoms. The largest absolute Gasteiger partial charge is 0.467 e. The SMILES string of the molecule is Cc1cc(C=CC(=O)N2CCN(c3ccc(C(F)(F)F)cn3)CC2)c(C)n1Cc1ccco1. The van der Waals surface area contributed by atoms with Crippen LogP contribution in [0, 0.1) is 13.8 Å². The molecule has 0 aromatic carbocycles. The molecule has 3 aromatic heterocycles. The quantitative estimate of drug-likeness (QED) is 0.528. The van der Waals surface area contributed by atoms with Crippen LogP contribution in [0.3, 0.4) is 0 Å². The highest BCUT2D eigenvalue weighted by atomic mass is 19.4. The molecule has 1 fully saturated rings. The van der Waals surface area contributed by atoms with Gasteiger partial charge in [-0.1, -0.05) is 0 Å². The molecule has 4 rings (SSSR count). The fourth-order valence-electron chi connectivity index (χ4n) is 3.96. The summed E-state index contributed by atoms with van der Waals surface area (Å²) in [6.45, 7) is 6.63. The molecular formula is C24H25F3N4O2. The minimum Gasteiger partial charge on any atom is -0.467 e. The first-order valence-electron chi connectivity index (χ1n) is 10.7. The van der Waals surface area contributed by atoms with E-state index >= 15 is 0 Å². The van der Waals surface area contributed by atoms with Gasteiger partial charge in [-0.05, 0) is 55.8 Å². The van der Waals surface area contributed by atoms with E-state index in [4.69, 9.17) is 4.42 Å². The van der Waals surface area contributed by atoms with Crippen molar-refractivity contribution in [3.63, 3.8) is 0 Å². The van der Waals surface area contributed by atoms with Crippen molar-refractivity contribution >= 4 is 17.8 Å². The topological polar surface area (TPSA) is 54.5 Å². The van der Waals surface area contributed by atoms with E-state index in [1.807, 2.05) is 43.0 Å².